The average molecular weight is 468 g/mol. The van der Waals surface area contributed by atoms with Crippen LogP contribution in [0.15, 0.2) is 60.7 Å². The lowest BCUT2D eigenvalue weighted by molar-refractivity contribution is -0.140. The van der Waals surface area contributed by atoms with Gasteiger partial charge in [0.05, 0.1) is 17.0 Å². The normalized spacial score (nSPS) is 11.2. The summed E-state index contributed by atoms with van der Waals surface area (Å²) in [5, 5.41) is 11.5. The molecule has 3 aromatic carbocycles. The maximum Gasteiger partial charge on any atom is 0.419 e. The van der Waals surface area contributed by atoms with Crippen molar-refractivity contribution in [2.24, 2.45) is 0 Å². The molecule has 0 aromatic heterocycles. The molecule has 166 valence electrons. The van der Waals surface area contributed by atoms with Crippen molar-refractivity contribution in [3.63, 3.8) is 0 Å². The van der Waals surface area contributed by atoms with Gasteiger partial charge in [0.1, 0.15) is 17.3 Å². The highest BCUT2D eigenvalue weighted by Gasteiger charge is 2.34. The summed E-state index contributed by atoms with van der Waals surface area (Å²) < 4.78 is 57.2. The standard InChI is InChI=1S/C22H14ClF4NO4/c23-17-9-12(10-20(29)30)1-8-19(17)32-15-5-3-14(4-6-15)28-21(31)13-2-7-16(18(24)11-13)22(25,26)27/h1-9,11H,10H2,(H,28,31)(H,29,30). The molecule has 0 bridgehead atoms. The first-order valence-electron chi connectivity index (χ1n) is 8.99. The summed E-state index contributed by atoms with van der Waals surface area (Å²) >= 11 is 6.11. The molecular weight excluding hydrogens is 454 g/mol. The molecule has 0 aliphatic rings. The van der Waals surface area contributed by atoms with Crippen molar-refractivity contribution in [3.05, 3.63) is 88.2 Å². The molecule has 0 heterocycles. The van der Waals surface area contributed by atoms with Gasteiger partial charge < -0.3 is 15.2 Å². The van der Waals surface area contributed by atoms with Gasteiger partial charge in [-0.1, -0.05) is 17.7 Å². The Balaban J connectivity index is 1.67. The van der Waals surface area contributed by atoms with E-state index in [1.807, 2.05) is 0 Å². The molecule has 0 saturated carbocycles. The van der Waals surface area contributed by atoms with Gasteiger partial charge in [0.15, 0.2) is 0 Å². The summed E-state index contributed by atoms with van der Waals surface area (Å²) in [4.78, 5) is 23.0. The van der Waals surface area contributed by atoms with Crippen molar-refractivity contribution in [1.29, 1.82) is 0 Å². The van der Waals surface area contributed by atoms with Crippen LogP contribution in [0.5, 0.6) is 11.5 Å². The Bertz CT molecular complexity index is 1160. The number of benzene rings is 3. The molecule has 2 N–H and O–H groups in total. The zero-order chi connectivity index (χ0) is 23.5. The van der Waals surface area contributed by atoms with Crippen molar-refractivity contribution < 1.29 is 37.0 Å². The predicted octanol–water partition coefficient (Wildman–Crippen LogP) is 6.17. The Hall–Kier alpha value is -3.59. The first kappa shape index (κ1) is 23.1. The van der Waals surface area contributed by atoms with Gasteiger partial charge >= 0.3 is 12.1 Å². The van der Waals surface area contributed by atoms with Crippen LogP contribution in [0.25, 0.3) is 0 Å². The fraction of sp³-hybridized carbons (Fsp3) is 0.0909. The van der Waals surface area contributed by atoms with Crippen molar-refractivity contribution in [2.75, 3.05) is 5.32 Å². The third-order valence-electron chi connectivity index (χ3n) is 4.23. The number of halogens is 5. The number of amides is 1. The molecule has 0 fully saturated rings. The van der Waals surface area contributed by atoms with Gasteiger partial charge in [-0.3, -0.25) is 9.59 Å². The number of carbonyl (C=O) groups is 2. The lowest BCUT2D eigenvalue weighted by Crippen LogP contribution is -2.14. The molecule has 5 nitrogen and oxygen atoms in total. The number of hydrogen-bond acceptors (Lipinski definition) is 3. The zero-order valence-corrected chi connectivity index (χ0v) is 16.8. The molecule has 32 heavy (non-hydrogen) atoms. The SMILES string of the molecule is O=C(O)Cc1ccc(Oc2ccc(NC(=O)c3ccc(C(F)(F)F)c(F)c3)cc2)c(Cl)c1. The van der Waals surface area contributed by atoms with Crippen molar-refractivity contribution in [2.45, 2.75) is 12.6 Å². The van der Waals surface area contributed by atoms with Crippen LogP contribution in [0, 0.1) is 5.82 Å². The van der Waals surface area contributed by atoms with E-state index in [9.17, 15) is 27.2 Å². The van der Waals surface area contributed by atoms with Crippen LogP contribution in [0.1, 0.15) is 21.5 Å². The Kier molecular flexibility index (Phi) is 6.69. The van der Waals surface area contributed by atoms with Gasteiger partial charge in [-0.2, -0.15) is 13.2 Å². The Morgan fingerprint density at radius 1 is 1.00 bits per heavy atom. The number of ether oxygens (including phenoxy) is 1. The first-order valence-corrected chi connectivity index (χ1v) is 9.37. The smallest absolute Gasteiger partial charge is 0.419 e. The molecule has 0 radical (unpaired) electrons. The molecular formula is C22H14ClF4NO4. The molecule has 10 heteroatoms. The van der Waals surface area contributed by atoms with Gasteiger partial charge in [-0.25, -0.2) is 4.39 Å². The molecule has 3 aromatic rings. The number of hydrogen-bond donors (Lipinski definition) is 2. The quantitative estimate of drug-likeness (QED) is 0.425. The van der Waals surface area contributed by atoms with Crippen LogP contribution in [-0.4, -0.2) is 17.0 Å². The number of carboxylic acid groups (broad SMARTS) is 1. The van der Waals surface area contributed by atoms with E-state index in [2.05, 4.69) is 5.32 Å². The van der Waals surface area contributed by atoms with Crippen LogP contribution in [0.4, 0.5) is 23.2 Å². The lowest BCUT2D eigenvalue weighted by atomic mass is 10.1. The molecule has 0 atom stereocenters. The summed E-state index contributed by atoms with van der Waals surface area (Å²) in [7, 11) is 0. The fourth-order valence-corrected chi connectivity index (χ4v) is 2.98. The van der Waals surface area contributed by atoms with E-state index in [1.54, 1.807) is 6.07 Å². The van der Waals surface area contributed by atoms with E-state index in [0.29, 0.717) is 29.1 Å². The number of carboxylic acids is 1. The molecule has 1 amide bonds. The minimum atomic E-state index is -4.85. The molecule has 0 unspecified atom stereocenters. The fourth-order valence-electron chi connectivity index (χ4n) is 2.73. The topological polar surface area (TPSA) is 75.6 Å². The Labute approximate surface area is 184 Å². The third-order valence-corrected chi connectivity index (χ3v) is 4.52. The van der Waals surface area contributed by atoms with E-state index >= 15 is 0 Å². The monoisotopic (exact) mass is 467 g/mol. The van der Waals surface area contributed by atoms with Gasteiger partial charge in [0.2, 0.25) is 0 Å². The number of alkyl halides is 3. The number of anilines is 1. The molecule has 0 aliphatic carbocycles. The maximum atomic E-state index is 13.7. The molecule has 3 rings (SSSR count). The van der Waals surface area contributed by atoms with Crippen LogP contribution in [0.2, 0.25) is 5.02 Å². The summed E-state index contributed by atoms with van der Waals surface area (Å²) in [5.41, 5.74) is -0.924. The van der Waals surface area contributed by atoms with Gasteiger partial charge in [0.25, 0.3) is 5.91 Å². The van der Waals surface area contributed by atoms with E-state index in [0.717, 1.165) is 6.07 Å². The van der Waals surface area contributed by atoms with Gasteiger partial charge in [-0.15, -0.1) is 0 Å². The summed E-state index contributed by atoms with van der Waals surface area (Å²) in [5.74, 6) is -2.68. The highest BCUT2D eigenvalue weighted by molar-refractivity contribution is 6.32. The van der Waals surface area contributed by atoms with E-state index < -0.39 is 29.4 Å². The van der Waals surface area contributed by atoms with Crippen LogP contribution in [-0.2, 0) is 17.4 Å². The average Bonchev–Trinajstić information content (AvgIpc) is 2.70. The second-order valence-electron chi connectivity index (χ2n) is 6.61. The van der Waals surface area contributed by atoms with Gasteiger partial charge in [-0.05, 0) is 60.2 Å². The van der Waals surface area contributed by atoms with E-state index in [4.69, 9.17) is 21.4 Å². The van der Waals surface area contributed by atoms with E-state index in [1.165, 1.54) is 36.4 Å². The predicted molar refractivity (Wildman–Crippen MR) is 109 cm³/mol. The number of carbonyl (C=O) groups excluding carboxylic acids is 1. The summed E-state index contributed by atoms with van der Waals surface area (Å²) in [6, 6.07) is 12.4. The van der Waals surface area contributed by atoms with Crippen LogP contribution >= 0.6 is 11.6 Å². The summed E-state index contributed by atoms with van der Waals surface area (Å²) in [6.45, 7) is 0. The van der Waals surface area contributed by atoms with Crippen molar-refractivity contribution in [1.82, 2.24) is 0 Å². The number of rotatable bonds is 6. The van der Waals surface area contributed by atoms with Crippen LogP contribution in [0.3, 0.4) is 0 Å². The molecule has 0 spiro atoms. The Morgan fingerprint density at radius 2 is 1.69 bits per heavy atom. The van der Waals surface area contributed by atoms with Gasteiger partial charge in [0, 0.05) is 11.3 Å². The maximum absolute atomic E-state index is 13.7. The van der Waals surface area contributed by atoms with E-state index in [-0.39, 0.29) is 22.8 Å². The minimum absolute atomic E-state index is 0.183. The highest BCUT2D eigenvalue weighted by atomic mass is 35.5. The lowest BCUT2D eigenvalue weighted by Gasteiger charge is -2.11. The third kappa shape index (κ3) is 5.76. The summed E-state index contributed by atoms with van der Waals surface area (Å²) in [6.07, 6.45) is -5.04. The van der Waals surface area contributed by atoms with Crippen molar-refractivity contribution >= 4 is 29.2 Å². The van der Waals surface area contributed by atoms with Crippen LogP contribution < -0.4 is 10.1 Å². The number of nitrogens with one attached hydrogen (secondary N) is 1. The first-order chi connectivity index (χ1) is 15.0. The minimum Gasteiger partial charge on any atom is -0.481 e. The zero-order valence-electron chi connectivity index (χ0n) is 16.0. The number of aliphatic carboxylic acids is 1. The molecule has 0 aliphatic heterocycles. The Morgan fingerprint density at radius 3 is 2.25 bits per heavy atom. The molecule has 0 saturated heterocycles. The second kappa shape index (κ2) is 9.27. The van der Waals surface area contributed by atoms with Crippen molar-refractivity contribution in [3.8, 4) is 11.5 Å². The largest absolute Gasteiger partial charge is 0.481 e. The second-order valence-corrected chi connectivity index (χ2v) is 7.02. The highest BCUT2D eigenvalue weighted by Crippen LogP contribution is 2.32.